The Bertz CT molecular complexity index is 771. The van der Waals surface area contributed by atoms with E-state index >= 15 is 0 Å². The number of rotatable bonds is 17. The third-order valence-electron chi connectivity index (χ3n) is 7.33. The molecule has 34 heavy (non-hydrogen) atoms. The van der Waals surface area contributed by atoms with Gasteiger partial charge >= 0.3 is 211 Å². The standard InChI is InChI=1S/C33H47P/c1-2-3-4-5-6-7-8-9-10-20-27-34(28-31-21-14-11-15-22-31,29-32-23-16-12-17-24-32)30-33-25-18-13-19-26-33/h11-19,21-26,34H,2-10,20,27-30H2,1H3. The van der Waals surface area contributed by atoms with E-state index in [9.17, 15) is 0 Å². The zero-order valence-corrected chi connectivity index (χ0v) is 22.6. The molecule has 0 fully saturated rings. The van der Waals surface area contributed by atoms with E-state index in [1.807, 2.05) is 0 Å². The van der Waals surface area contributed by atoms with Gasteiger partial charge in [0, 0.05) is 0 Å². The van der Waals surface area contributed by atoms with Crippen LogP contribution in [0.2, 0.25) is 0 Å². The average molecular weight is 475 g/mol. The molecule has 0 nitrogen and oxygen atoms in total. The van der Waals surface area contributed by atoms with Crippen molar-refractivity contribution in [1.29, 1.82) is 0 Å². The van der Waals surface area contributed by atoms with E-state index in [4.69, 9.17) is 0 Å². The molecule has 0 spiro atoms. The molecule has 0 bridgehead atoms. The molecule has 0 aliphatic heterocycles. The Morgan fingerprint density at radius 1 is 0.412 bits per heavy atom. The van der Waals surface area contributed by atoms with Crippen molar-refractivity contribution in [1.82, 2.24) is 0 Å². The molecule has 0 aromatic heterocycles. The summed E-state index contributed by atoms with van der Waals surface area (Å²) in [4.78, 5) is 0. The quantitative estimate of drug-likeness (QED) is 0.135. The molecule has 0 saturated carbocycles. The number of hydrogen-bond donors (Lipinski definition) is 0. The maximum atomic E-state index is 2.36. The van der Waals surface area contributed by atoms with Crippen LogP contribution in [0.4, 0.5) is 0 Å². The second-order valence-electron chi connectivity index (χ2n) is 10.4. The Labute approximate surface area is 210 Å². The molecule has 3 rings (SSSR count). The summed E-state index contributed by atoms with van der Waals surface area (Å²) in [6.07, 6.45) is 19.4. The Kier molecular flexibility index (Phi) is 12.5. The first-order valence-corrected chi connectivity index (χ1v) is 16.7. The fourth-order valence-corrected chi connectivity index (χ4v) is 10.7. The van der Waals surface area contributed by atoms with Crippen molar-refractivity contribution in [2.24, 2.45) is 0 Å². The molecule has 0 aliphatic rings. The van der Waals surface area contributed by atoms with E-state index in [0.717, 1.165) is 0 Å². The number of unbranched alkanes of at least 4 members (excludes halogenated alkanes) is 9. The SMILES string of the molecule is CCCCCCCCCCCC[PH](Cc1ccccc1)(Cc1ccccc1)Cc1ccccc1. The molecule has 1 heteroatoms. The van der Waals surface area contributed by atoms with Crippen LogP contribution in [0.1, 0.15) is 87.8 Å². The van der Waals surface area contributed by atoms with Crippen LogP contribution >= 0.6 is 7.26 Å². The van der Waals surface area contributed by atoms with Gasteiger partial charge in [-0.3, -0.25) is 0 Å². The van der Waals surface area contributed by atoms with Crippen LogP contribution in [0, 0.1) is 0 Å². The van der Waals surface area contributed by atoms with Crippen molar-refractivity contribution in [2.45, 2.75) is 89.6 Å². The van der Waals surface area contributed by atoms with Gasteiger partial charge in [-0.15, -0.1) is 0 Å². The van der Waals surface area contributed by atoms with Crippen LogP contribution in [0.5, 0.6) is 0 Å². The van der Waals surface area contributed by atoms with Gasteiger partial charge in [0.1, 0.15) is 0 Å². The van der Waals surface area contributed by atoms with Crippen molar-refractivity contribution in [3.63, 3.8) is 0 Å². The maximum absolute atomic E-state index is 2.36. The zero-order valence-electron chi connectivity index (χ0n) is 21.6. The zero-order chi connectivity index (χ0) is 23.7. The fourth-order valence-electron chi connectivity index (χ4n) is 5.53. The summed E-state index contributed by atoms with van der Waals surface area (Å²) >= 11 is 0. The minimum atomic E-state index is -1.61. The van der Waals surface area contributed by atoms with E-state index in [-0.39, 0.29) is 0 Å². The third kappa shape index (κ3) is 10.1. The van der Waals surface area contributed by atoms with Gasteiger partial charge < -0.3 is 0 Å². The van der Waals surface area contributed by atoms with E-state index in [1.54, 1.807) is 0 Å². The first-order valence-electron chi connectivity index (χ1n) is 13.9. The summed E-state index contributed by atoms with van der Waals surface area (Å²) in [5, 5.41) is 0. The van der Waals surface area contributed by atoms with Gasteiger partial charge in [0.15, 0.2) is 0 Å². The summed E-state index contributed by atoms with van der Waals surface area (Å²) in [7, 11) is -1.61. The normalized spacial score (nSPS) is 12.0. The fraction of sp³-hybridized carbons (Fsp3) is 0.455. The van der Waals surface area contributed by atoms with Crippen LogP contribution in [-0.2, 0) is 18.5 Å². The Morgan fingerprint density at radius 3 is 1.09 bits per heavy atom. The molecule has 0 atom stereocenters. The Morgan fingerprint density at radius 2 is 0.735 bits per heavy atom. The third-order valence-corrected chi connectivity index (χ3v) is 12.2. The monoisotopic (exact) mass is 474 g/mol. The summed E-state index contributed by atoms with van der Waals surface area (Å²) in [6, 6.07) is 33.9. The predicted molar refractivity (Wildman–Crippen MR) is 155 cm³/mol. The van der Waals surface area contributed by atoms with E-state index in [0.29, 0.717) is 0 Å². The summed E-state index contributed by atoms with van der Waals surface area (Å²) < 4.78 is 0. The molecular weight excluding hydrogens is 427 g/mol. The van der Waals surface area contributed by atoms with Crippen molar-refractivity contribution >= 4 is 7.26 Å². The van der Waals surface area contributed by atoms with Crippen LogP contribution in [0.25, 0.3) is 0 Å². The minimum absolute atomic E-state index is 1.29. The second-order valence-corrected chi connectivity index (χ2v) is 15.0. The van der Waals surface area contributed by atoms with Crippen molar-refractivity contribution in [3.05, 3.63) is 108 Å². The molecule has 0 saturated heterocycles. The van der Waals surface area contributed by atoms with Crippen molar-refractivity contribution in [2.75, 3.05) is 6.16 Å². The molecule has 0 radical (unpaired) electrons. The first kappa shape index (κ1) is 26.7. The topological polar surface area (TPSA) is 0 Å². The van der Waals surface area contributed by atoms with Crippen molar-refractivity contribution in [3.8, 4) is 0 Å². The molecular formula is C33H47P. The molecule has 0 amide bonds. The second kappa shape index (κ2) is 15.9. The van der Waals surface area contributed by atoms with Gasteiger partial charge in [0.05, 0.1) is 0 Å². The van der Waals surface area contributed by atoms with Crippen LogP contribution in [0.15, 0.2) is 91.0 Å². The molecule has 3 aromatic carbocycles. The first-order chi connectivity index (χ1) is 16.8. The average Bonchev–Trinajstić information content (AvgIpc) is 2.87. The summed E-state index contributed by atoms with van der Waals surface area (Å²) in [5.41, 5.74) is 4.61. The van der Waals surface area contributed by atoms with Gasteiger partial charge in [0.2, 0.25) is 0 Å². The van der Waals surface area contributed by atoms with Gasteiger partial charge in [-0.05, 0) is 0 Å². The molecule has 0 aliphatic carbocycles. The number of benzene rings is 3. The summed E-state index contributed by atoms with van der Waals surface area (Å²) in [6.45, 7) is 2.30. The predicted octanol–water partition coefficient (Wildman–Crippen LogP) is 10.3. The van der Waals surface area contributed by atoms with Crippen LogP contribution < -0.4 is 0 Å². The van der Waals surface area contributed by atoms with Gasteiger partial charge in [-0.2, -0.15) is 0 Å². The van der Waals surface area contributed by atoms with Gasteiger partial charge in [-0.1, -0.05) is 0 Å². The molecule has 184 valence electrons. The van der Waals surface area contributed by atoms with Gasteiger partial charge in [-0.25, -0.2) is 0 Å². The summed E-state index contributed by atoms with van der Waals surface area (Å²) in [5.74, 6) is 0. The Hall–Kier alpha value is -1.91. The Balaban J connectivity index is 1.65. The molecule has 3 aromatic rings. The van der Waals surface area contributed by atoms with Crippen molar-refractivity contribution < 1.29 is 0 Å². The molecule has 0 N–H and O–H groups in total. The van der Waals surface area contributed by atoms with Crippen LogP contribution in [-0.4, -0.2) is 6.16 Å². The van der Waals surface area contributed by atoms with Gasteiger partial charge in [0.25, 0.3) is 0 Å². The van der Waals surface area contributed by atoms with E-state index < -0.39 is 7.26 Å². The van der Waals surface area contributed by atoms with Crippen LogP contribution in [0.3, 0.4) is 0 Å². The molecule has 0 heterocycles. The van der Waals surface area contributed by atoms with E-state index in [2.05, 4.69) is 97.9 Å². The van der Waals surface area contributed by atoms with E-state index in [1.165, 1.54) is 106 Å². The number of hydrogen-bond acceptors (Lipinski definition) is 0. The molecule has 0 unspecified atom stereocenters.